The lowest BCUT2D eigenvalue weighted by Crippen LogP contribution is -2.02. The second-order valence-corrected chi connectivity index (χ2v) is 4.31. The van der Waals surface area contributed by atoms with Crippen molar-refractivity contribution in [2.45, 2.75) is 26.9 Å². The minimum Gasteiger partial charge on any atom is -0.490 e. The number of benzene rings is 2. The van der Waals surface area contributed by atoms with E-state index >= 15 is 0 Å². The van der Waals surface area contributed by atoms with E-state index in [0.717, 1.165) is 23.5 Å². The third-order valence-electron chi connectivity index (χ3n) is 2.97. The first-order valence-corrected chi connectivity index (χ1v) is 6.76. The SMILES string of the molecule is CCOc1c(CC)cccc1OCc1ccccc1. The lowest BCUT2D eigenvalue weighted by atomic mass is 10.1. The van der Waals surface area contributed by atoms with Gasteiger partial charge in [-0.1, -0.05) is 49.4 Å². The van der Waals surface area contributed by atoms with Crippen LogP contribution >= 0.6 is 0 Å². The molecule has 0 atom stereocenters. The molecule has 2 heteroatoms. The van der Waals surface area contributed by atoms with Gasteiger partial charge in [0.05, 0.1) is 6.61 Å². The molecule has 0 aliphatic carbocycles. The van der Waals surface area contributed by atoms with Gasteiger partial charge in [-0.05, 0) is 30.5 Å². The summed E-state index contributed by atoms with van der Waals surface area (Å²) in [7, 11) is 0. The third-order valence-corrected chi connectivity index (χ3v) is 2.97. The van der Waals surface area contributed by atoms with Gasteiger partial charge in [0.15, 0.2) is 11.5 Å². The Bertz CT molecular complexity index is 506. The monoisotopic (exact) mass is 256 g/mol. The molecule has 0 aliphatic rings. The molecule has 2 aromatic rings. The lowest BCUT2D eigenvalue weighted by molar-refractivity contribution is 0.267. The van der Waals surface area contributed by atoms with Crippen LogP contribution in [0.15, 0.2) is 48.5 Å². The van der Waals surface area contributed by atoms with Crippen molar-refractivity contribution in [3.05, 3.63) is 59.7 Å². The van der Waals surface area contributed by atoms with E-state index in [1.807, 2.05) is 37.3 Å². The van der Waals surface area contributed by atoms with Crippen LogP contribution in [0, 0.1) is 0 Å². The maximum atomic E-state index is 5.89. The van der Waals surface area contributed by atoms with Crippen LogP contribution in [0.4, 0.5) is 0 Å². The summed E-state index contributed by atoms with van der Waals surface area (Å²) < 4.78 is 11.6. The second-order valence-electron chi connectivity index (χ2n) is 4.31. The predicted molar refractivity (Wildman–Crippen MR) is 77.8 cm³/mol. The van der Waals surface area contributed by atoms with E-state index in [2.05, 4.69) is 25.1 Å². The van der Waals surface area contributed by atoms with Crippen molar-refractivity contribution in [3.63, 3.8) is 0 Å². The minimum absolute atomic E-state index is 0.564. The molecule has 0 amide bonds. The molecule has 0 spiro atoms. The van der Waals surface area contributed by atoms with Gasteiger partial charge in [0.25, 0.3) is 0 Å². The van der Waals surface area contributed by atoms with Gasteiger partial charge >= 0.3 is 0 Å². The predicted octanol–water partition coefficient (Wildman–Crippen LogP) is 4.23. The van der Waals surface area contributed by atoms with Crippen molar-refractivity contribution in [2.75, 3.05) is 6.61 Å². The summed E-state index contributed by atoms with van der Waals surface area (Å²) in [5.74, 6) is 1.70. The Labute approximate surface area is 115 Å². The molecule has 0 heterocycles. The molecule has 2 rings (SSSR count). The van der Waals surface area contributed by atoms with E-state index in [4.69, 9.17) is 9.47 Å². The van der Waals surface area contributed by atoms with E-state index in [1.165, 1.54) is 5.56 Å². The number of aryl methyl sites for hydroxylation is 1. The first kappa shape index (κ1) is 13.5. The molecule has 19 heavy (non-hydrogen) atoms. The number of rotatable bonds is 6. The first-order valence-electron chi connectivity index (χ1n) is 6.76. The van der Waals surface area contributed by atoms with E-state index in [9.17, 15) is 0 Å². The quantitative estimate of drug-likeness (QED) is 0.770. The molecular formula is C17H20O2. The van der Waals surface area contributed by atoms with Crippen LogP contribution in [-0.2, 0) is 13.0 Å². The molecule has 0 saturated heterocycles. The van der Waals surface area contributed by atoms with Crippen LogP contribution in [0.1, 0.15) is 25.0 Å². The average Bonchev–Trinajstić information content (AvgIpc) is 2.47. The Hall–Kier alpha value is -1.96. The maximum absolute atomic E-state index is 5.89. The highest BCUT2D eigenvalue weighted by molar-refractivity contribution is 5.46. The second kappa shape index (κ2) is 6.83. The zero-order valence-corrected chi connectivity index (χ0v) is 11.6. The molecule has 0 saturated carbocycles. The highest BCUT2D eigenvalue weighted by atomic mass is 16.5. The Morgan fingerprint density at radius 3 is 2.32 bits per heavy atom. The number of hydrogen-bond donors (Lipinski definition) is 0. The summed E-state index contributed by atoms with van der Waals surface area (Å²) in [5, 5.41) is 0. The Morgan fingerprint density at radius 1 is 0.842 bits per heavy atom. The van der Waals surface area contributed by atoms with Crippen molar-refractivity contribution < 1.29 is 9.47 Å². The molecule has 0 N–H and O–H groups in total. The van der Waals surface area contributed by atoms with Crippen LogP contribution in [-0.4, -0.2) is 6.61 Å². The van der Waals surface area contributed by atoms with Crippen LogP contribution in [0.5, 0.6) is 11.5 Å². The van der Waals surface area contributed by atoms with Gasteiger partial charge in [-0.25, -0.2) is 0 Å². The molecule has 2 aromatic carbocycles. The van der Waals surface area contributed by atoms with Crippen molar-refractivity contribution in [1.29, 1.82) is 0 Å². The topological polar surface area (TPSA) is 18.5 Å². The summed E-state index contributed by atoms with van der Waals surface area (Å²) in [6.07, 6.45) is 0.942. The molecule has 0 fully saturated rings. The molecule has 0 bridgehead atoms. The van der Waals surface area contributed by atoms with E-state index in [1.54, 1.807) is 0 Å². The van der Waals surface area contributed by atoms with E-state index in [-0.39, 0.29) is 0 Å². The zero-order valence-electron chi connectivity index (χ0n) is 11.6. The minimum atomic E-state index is 0.564. The van der Waals surface area contributed by atoms with Gasteiger partial charge in [0.2, 0.25) is 0 Å². The molecular weight excluding hydrogens is 236 g/mol. The van der Waals surface area contributed by atoms with Crippen LogP contribution in [0.2, 0.25) is 0 Å². The lowest BCUT2D eigenvalue weighted by Gasteiger charge is -2.15. The standard InChI is InChI=1S/C17H20O2/c1-3-15-11-8-12-16(17(15)18-4-2)19-13-14-9-6-5-7-10-14/h5-12H,3-4,13H2,1-2H3. The van der Waals surface area contributed by atoms with Crippen molar-refractivity contribution >= 4 is 0 Å². The fourth-order valence-corrected chi connectivity index (χ4v) is 2.00. The molecule has 0 radical (unpaired) electrons. The molecule has 2 nitrogen and oxygen atoms in total. The van der Waals surface area contributed by atoms with Gasteiger partial charge < -0.3 is 9.47 Å². The van der Waals surface area contributed by atoms with Crippen LogP contribution in [0.25, 0.3) is 0 Å². The highest BCUT2D eigenvalue weighted by Crippen LogP contribution is 2.32. The average molecular weight is 256 g/mol. The van der Waals surface area contributed by atoms with Gasteiger partial charge in [0.1, 0.15) is 6.61 Å². The van der Waals surface area contributed by atoms with Crippen molar-refractivity contribution in [2.24, 2.45) is 0 Å². The Kier molecular flexibility index (Phi) is 4.85. The number of hydrogen-bond acceptors (Lipinski definition) is 2. The van der Waals surface area contributed by atoms with Crippen molar-refractivity contribution in [1.82, 2.24) is 0 Å². The number of ether oxygens (including phenoxy) is 2. The molecule has 0 unspecified atom stereocenters. The first-order chi connectivity index (χ1) is 9.35. The molecule has 100 valence electrons. The van der Waals surface area contributed by atoms with E-state index in [0.29, 0.717) is 13.2 Å². The highest BCUT2D eigenvalue weighted by Gasteiger charge is 2.09. The fourth-order valence-electron chi connectivity index (χ4n) is 2.00. The normalized spacial score (nSPS) is 10.2. The summed E-state index contributed by atoms with van der Waals surface area (Å²) >= 11 is 0. The third kappa shape index (κ3) is 3.50. The molecule has 0 aromatic heterocycles. The van der Waals surface area contributed by atoms with Crippen molar-refractivity contribution in [3.8, 4) is 11.5 Å². The molecule has 0 aliphatic heterocycles. The van der Waals surface area contributed by atoms with Gasteiger partial charge in [-0.15, -0.1) is 0 Å². The Balaban J connectivity index is 2.15. The zero-order chi connectivity index (χ0) is 13.5. The van der Waals surface area contributed by atoms with Gasteiger partial charge in [-0.3, -0.25) is 0 Å². The summed E-state index contributed by atoms with van der Waals surface area (Å²) in [6, 6.07) is 16.2. The van der Waals surface area contributed by atoms with Gasteiger partial charge in [0, 0.05) is 0 Å². The largest absolute Gasteiger partial charge is 0.490 e. The summed E-state index contributed by atoms with van der Waals surface area (Å²) in [6.45, 7) is 5.33. The maximum Gasteiger partial charge on any atom is 0.164 e. The van der Waals surface area contributed by atoms with Crippen LogP contribution < -0.4 is 9.47 Å². The fraction of sp³-hybridized carbons (Fsp3) is 0.294. The smallest absolute Gasteiger partial charge is 0.164 e. The van der Waals surface area contributed by atoms with Gasteiger partial charge in [-0.2, -0.15) is 0 Å². The Morgan fingerprint density at radius 2 is 1.63 bits per heavy atom. The van der Waals surface area contributed by atoms with E-state index < -0.39 is 0 Å². The van der Waals surface area contributed by atoms with Crippen LogP contribution in [0.3, 0.4) is 0 Å². The summed E-state index contributed by atoms with van der Waals surface area (Å²) in [5.41, 5.74) is 2.35. The summed E-state index contributed by atoms with van der Waals surface area (Å²) in [4.78, 5) is 0. The number of para-hydroxylation sites is 1.